The average Bonchev–Trinajstić information content (AvgIpc) is 2.94. The van der Waals surface area contributed by atoms with Crippen LogP contribution in [0.15, 0.2) is 42.5 Å². The fourth-order valence-corrected chi connectivity index (χ4v) is 2.38. The SMILES string of the molecule is COc1ccc(-n2nc(C(=O)O)c3ccccc32)cc1OC. The molecule has 112 valence electrons. The van der Waals surface area contributed by atoms with E-state index in [1.807, 2.05) is 12.1 Å². The number of carboxylic acid groups (broad SMARTS) is 1. The van der Waals surface area contributed by atoms with E-state index in [9.17, 15) is 9.90 Å². The lowest BCUT2D eigenvalue weighted by atomic mass is 10.2. The van der Waals surface area contributed by atoms with Gasteiger partial charge in [0.25, 0.3) is 0 Å². The minimum Gasteiger partial charge on any atom is -0.493 e. The molecule has 6 nitrogen and oxygen atoms in total. The van der Waals surface area contributed by atoms with Crippen molar-refractivity contribution < 1.29 is 19.4 Å². The van der Waals surface area contributed by atoms with Crippen molar-refractivity contribution in [2.75, 3.05) is 14.2 Å². The Morgan fingerprint density at radius 2 is 1.82 bits per heavy atom. The number of aromatic nitrogens is 2. The number of carbonyl (C=O) groups is 1. The molecule has 0 spiro atoms. The number of nitrogens with zero attached hydrogens (tertiary/aromatic N) is 2. The highest BCUT2D eigenvalue weighted by Gasteiger charge is 2.17. The highest BCUT2D eigenvalue weighted by atomic mass is 16.5. The van der Waals surface area contributed by atoms with Gasteiger partial charge in [-0.05, 0) is 18.2 Å². The largest absolute Gasteiger partial charge is 0.493 e. The van der Waals surface area contributed by atoms with E-state index in [1.54, 1.807) is 49.2 Å². The Morgan fingerprint density at radius 3 is 2.50 bits per heavy atom. The van der Waals surface area contributed by atoms with Gasteiger partial charge in [0.15, 0.2) is 17.2 Å². The van der Waals surface area contributed by atoms with Crippen LogP contribution in [0.5, 0.6) is 11.5 Å². The normalized spacial score (nSPS) is 10.6. The number of methoxy groups -OCH3 is 2. The van der Waals surface area contributed by atoms with Crippen molar-refractivity contribution in [2.45, 2.75) is 0 Å². The van der Waals surface area contributed by atoms with E-state index >= 15 is 0 Å². The van der Waals surface area contributed by atoms with Gasteiger partial charge < -0.3 is 14.6 Å². The molecule has 2 aromatic carbocycles. The number of para-hydroxylation sites is 1. The monoisotopic (exact) mass is 298 g/mol. The number of hydrogen-bond donors (Lipinski definition) is 1. The Hall–Kier alpha value is -3.02. The standard InChI is InChI=1S/C16H14N2O4/c1-21-13-8-7-10(9-14(13)22-2)18-12-6-4-3-5-11(12)15(17-18)16(19)20/h3-9H,1-2H3,(H,19,20). The van der Waals surface area contributed by atoms with Gasteiger partial charge in [-0.25, -0.2) is 9.48 Å². The van der Waals surface area contributed by atoms with Gasteiger partial charge in [-0.1, -0.05) is 18.2 Å². The smallest absolute Gasteiger partial charge is 0.357 e. The van der Waals surface area contributed by atoms with Gasteiger partial charge in [0.1, 0.15) is 0 Å². The summed E-state index contributed by atoms with van der Waals surface area (Å²) in [5.41, 5.74) is 1.43. The second-order valence-corrected chi connectivity index (χ2v) is 4.62. The maximum atomic E-state index is 11.4. The molecule has 6 heteroatoms. The van der Waals surface area contributed by atoms with Gasteiger partial charge in [-0.2, -0.15) is 5.10 Å². The molecule has 0 unspecified atom stereocenters. The summed E-state index contributed by atoms with van der Waals surface area (Å²) in [6.45, 7) is 0. The van der Waals surface area contributed by atoms with E-state index in [1.165, 1.54) is 0 Å². The quantitative estimate of drug-likeness (QED) is 0.801. The molecule has 1 N–H and O–H groups in total. The first-order chi connectivity index (χ1) is 10.7. The summed E-state index contributed by atoms with van der Waals surface area (Å²) >= 11 is 0. The van der Waals surface area contributed by atoms with E-state index in [0.29, 0.717) is 28.1 Å². The molecular weight excluding hydrogens is 284 g/mol. The van der Waals surface area contributed by atoms with Crippen LogP contribution in [-0.2, 0) is 0 Å². The van der Waals surface area contributed by atoms with E-state index < -0.39 is 5.97 Å². The first-order valence-electron chi connectivity index (χ1n) is 6.59. The highest BCUT2D eigenvalue weighted by molar-refractivity contribution is 6.01. The fraction of sp³-hybridized carbons (Fsp3) is 0.125. The van der Waals surface area contributed by atoms with Crippen LogP contribution in [0.4, 0.5) is 0 Å². The Labute approximate surface area is 126 Å². The summed E-state index contributed by atoms with van der Waals surface area (Å²) in [5, 5.41) is 14.1. The Morgan fingerprint density at radius 1 is 1.09 bits per heavy atom. The van der Waals surface area contributed by atoms with E-state index in [0.717, 1.165) is 0 Å². The predicted octanol–water partition coefficient (Wildman–Crippen LogP) is 2.74. The van der Waals surface area contributed by atoms with E-state index in [-0.39, 0.29) is 5.69 Å². The zero-order chi connectivity index (χ0) is 15.7. The summed E-state index contributed by atoms with van der Waals surface area (Å²) < 4.78 is 12.1. The summed E-state index contributed by atoms with van der Waals surface area (Å²) in [4.78, 5) is 11.4. The molecule has 0 amide bonds. The van der Waals surface area contributed by atoms with Crippen molar-refractivity contribution in [1.82, 2.24) is 9.78 Å². The molecule has 3 rings (SSSR count). The Kier molecular flexibility index (Phi) is 3.42. The molecular formula is C16H14N2O4. The first kappa shape index (κ1) is 13.9. The molecule has 0 aliphatic heterocycles. The molecule has 1 heterocycles. The summed E-state index contributed by atoms with van der Waals surface area (Å²) in [7, 11) is 3.11. The highest BCUT2D eigenvalue weighted by Crippen LogP contribution is 2.30. The van der Waals surface area contributed by atoms with Crippen LogP contribution in [0.25, 0.3) is 16.6 Å². The van der Waals surface area contributed by atoms with Crippen LogP contribution >= 0.6 is 0 Å². The lowest BCUT2D eigenvalue weighted by Gasteiger charge is -2.10. The average molecular weight is 298 g/mol. The van der Waals surface area contributed by atoms with Crippen molar-refractivity contribution in [3.8, 4) is 17.2 Å². The second kappa shape index (κ2) is 5.40. The molecule has 0 aliphatic carbocycles. The first-order valence-corrected chi connectivity index (χ1v) is 6.59. The topological polar surface area (TPSA) is 73.6 Å². The minimum atomic E-state index is -1.06. The summed E-state index contributed by atoms with van der Waals surface area (Å²) in [6, 6.07) is 12.5. The third kappa shape index (κ3) is 2.14. The number of aromatic carboxylic acids is 1. The molecule has 22 heavy (non-hydrogen) atoms. The molecule has 0 radical (unpaired) electrons. The molecule has 3 aromatic rings. The predicted molar refractivity (Wildman–Crippen MR) is 81.1 cm³/mol. The Bertz CT molecular complexity index is 854. The molecule has 0 atom stereocenters. The van der Waals surface area contributed by atoms with Gasteiger partial charge in [0.2, 0.25) is 0 Å². The fourth-order valence-electron chi connectivity index (χ4n) is 2.38. The van der Waals surface area contributed by atoms with Crippen LogP contribution in [0.2, 0.25) is 0 Å². The van der Waals surface area contributed by atoms with Crippen LogP contribution in [0, 0.1) is 0 Å². The number of carboxylic acids is 1. The number of ether oxygens (including phenoxy) is 2. The van der Waals surface area contributed by atoms with Crippen molar-refractivity contribution in [3.63, 3.8) is 0 Å². The zero-order valence-corrected chi connectivity index (χ0v) is 12.1. The maximum Gasteiger partial charge on any atom is 0.357 e. The van der Waals surface area contributed by atoms with Crippen LogP contribution in [-0.4, -0.2) is 35.1 Å². The summed E-state index contributed by atoms with van der Waals surface area (Å²) in [6.07, 6.45) is 0. The second-order valence-electron chi connectivity index (χ2n) is 4.62. The van der Waals surface area contributed by atoms with Gasteiger partial charge in [-0.15, -0.1) is 0 Å². The lowest BCUT2D eigenvalue weighted by molar-refractivity contribution is 0.0692. The maximum absolute atomic E-state index is 11.4. The third-order valence-electron chi connectivity index (χ3n) is 3.40. The van der Waals surface area contributed by atoms with Crippen molar-refractivity contribution in [1.29, 1.82) is 0 Å². The van der Waals surface area contributed by atoms with Crippen LogP contribution < -0.4 is 9.47 Å². The van der Waals surface area contributed by atoms with Gasteiger partial charge in [0.05, 0.1) is 25.4 Å². The van der Waals surface area contributed by atoms with Crippen molar-refractivity contribution >= 4 is 16.9 Å². The lowest BCUT2D eigenvalue weighted by Crippen LogP contribution is -2.02. The molecule has 0 saturated carbocycles. The molecule has 0 bridgehead atoms. The number of rotatable bonds is 4. The van der Waals surface area contributed by atoms with Gasteiger partial charge >= 0.3 is 5.97 Å². The van der Waals surface area contributed by atoms with Crippen molar-refractivity contribution in [3.05, 3.63) is 48.2 Å². The number of fused-ring (bicyclic) bond motifs is 1. The summed E-state index contributed by atoms with van der Waals surface area (Å²) in [5.74, 6) is 0.0908. The van der Waals surface area contributed by atoms with Crippen molar-refractivity contribution in [2.24, 2.45) is 0 Å². The van der Waals surface area contributed by atoms with Crippen LogP contribution in [0.1, 0.15) is 10.5 Å². The molecule has 0 aliphatic rings. The third-order valence-corrected chi connectivity index (χ3v) is 3.40. The zero-order valence-electron chi connectivity index (χ0n) is 12.1. The number of benzene rings is 2. The van der Waals surface area contributed by atoms with E-state index in [4.69, 9.17) is 9.47 Å². The van der Waals surface area contributed by atoms with Crippen LogP contribution in [0.3, 0.4) is 0 Å². The number of hydrogen-bond acceptors (Lipinski definition) is 4. The van der Waals surface area contributed by atoms with Gasteiger partial charge in [0, 0.05) is 11.5 Å². The molecule has 1 aromatic heterocycles. The minimum absolute atomic E-state index is 0.0189. The van der Waals surface area contributed by atoms with Gasteiger partial charge in [-0.3, -0.25) is 0 Å². The molecule has 0 saturated heterocycles. The molecule has 0 fully saturated rings. The van der Waals surface area contributed by atoms with E-state index in [2.05, 4.69) is 5.10 Å². The Balaban J connectivity index is 2.24.